The molecule has 9 nitrogen and oxygen atoms in total. The second-order valence-corrected chi connectivity index (χ2v) is 7.81. The lowest BCUT2D eigenvalue weighted by Gasteiger charge is -2.12. The number of methoxy groups -OCH3 is 2. The van der Waals surface area contributed by atoms with E-state index in [9.17, 15) is 18.0 Å². The van der Waals surface area contributed by atoms with E-state index in [2.05, 4.69) is 9.71 Å². The zero-order valence-corrected chi connectivity index (χ0v) is 16.4. The van der Waals surface area contributed by atoms with Crippen molar-refractivity contribution < 1.29 is 27.8 Å². The van der Waals surface area contributed by atoms with Crippen LogP contribution in [0.1, 0.15) is 15.9 Å². The number of aromatic carboxylic acids is 1. The lowest BCUT2D eigenvalue weighted by molar-refractivity contribution is 0.0695. The predicted molar refractivity (Wildman–Crippen MR) is 105 cm³/mol. The number of aromatic amines is 1. The van der Waals surface area contributed by atoms with Gasteiger partial charge in [0, 0.05) is 29.2 Å². The number of hydrogen-bond acceptors (Lipinski definition) is 6. The highest BCUT2D eigenvalue weighted by Gasteiger charge is 2.18. The number of benzene rings is 2. The molecule has 29 heavy (non-hydrogen) atoms. The quantitative estimate of drug-likeness (QED) is 0.532. The van der Waals surface area contributed by atoms with E-state index in [0.717, 1.165) is 12.3 Å². The van der Waals surface area contributed by atoms with Gasteiger partial charge in [0.1, 0.15) is 17.1 Å². The van der Waals surface area contributed by atoms with Crippen molar-refractivity contribution in [2.75, 3.05) is 14.2 Å². The Hall–Kier alpha value is -3.37. The molecule has 1 aromatic heterocycles. The van der Waals surface area contributed by atoms with Crippen LogP contribution in [0, 0.1) is 0 Å². The van der Waals surface area contributed by atoms with Crippen LogP contribution in [0.2, 0.25) is 0 Å². The molecule has 0 aliphatic carbocycles. The molecule has 10 heteroatoms. The normalized spacial score (nSPS) is 11.4. The van der Waals surface area contributed by atoms with Gasteiger partial charge in [-0.1, -0.05) is 0 Å². The summed E-state index contributed by atoms with van der Waals surface area (Å²) in [5, 5.41) is 9.05. The van der Waals surface area contributed by atoms with E-state index in [1.54, 1.807) is 18.2 Å². The van der Waals surface area contributed by atoms with Crippen LogP contribution in [-0.4, -0.2) is 38.7 Å². The standard InChI is InChI=1S/C19H18N2O7S/c1-27-12-3-6-17(28-2)11(7-12)9-21-29(25,26)13-4-5-16-14(8-13)18(22)15(10-20-16)19(23)24/h3-8,10,21H,9H2,1-2H3,(H,20,22)(H,23,24). The minimum atomic E-state index is -3.99. The summed E-state index contributed by atoms with van der Waals surface area (Å²) in [5.41, 5.74) is -0.352. The molecule has 0 amide bonds. The number of pyridine rings is 1. The van der Waals surface area contributed by atoms with Crippen molar-refractivity contribution in [2.24, 2.45) is 0 Å². The molecule has 1 heterocycles. The molecular weight excluding hydrogens is 400 g/mol. The van der Waals surface area contributed by atoms with E-state index >= 15 is 0 Å². The lowest BCUT2D eigenvalue weighted by atomic mass is 10.1. The van der Waals surface area contributed by atoms with Gasteiger partial charge in [-0.15, -0.1) is 0 Å². The molecule has 3 aromatic rings. The summed E-state index contributed by atoms with van der Waals surface area (Å²) in [6, 6.07) is 8.86. The molecule has 2 aromatic carbocycles. The van der Waals surface area contributed by atoms with Crippen LogP contribution in [-0.2, 0) is 16.6 Å². The van der Waals surface area contributed by atoms with E-state index in [-0.39, 0.29) is 16.8 Å². The minimum absolute atomic E-state index is 0.0354. The molecule has 0 aliphatic rings. The first-order chi connectivity index (χ1) is 13.8. The van der Waals surface area contributed by atoms with Gasteiger partial charge in [0.05, 0.1) is 19.1 Å². The Balaban J connectivity index is 1.96. The molecule has 0 bridgehead atoms. The fourth-order valence-electron chi connectivity index (χ4n) is 2.80. The molecule has 0 aliphatic heterocycles. The fraction of sp³-hybridized carbons (Fsp3) is 0.158. The molecule has 0 spiro atoms. The number of nitrogens with one attached hydrogen (secondary N) is 2. The van der Waals surface area contributed by atoms with E-state index in [1.165, 1.54) is 26.4 Å². The average Bonchev–Trinajstić information content (AvgIpc) is 2.71. The molecule has 0 fully saturated rings. The smallest absolute Gasteiger partial charge is 0.341 e. The molecule has 0 saturated carbocycles. The summed E-state index contributed by atoms with van der Waals surface area (Å²) >= 11 is 0. The van der Waals surface area contributed by atoms with Crippen molar-refractivity contribution in [1.82, 2.24) is 9.71 Å². The Morgan fingerprint density at radius 2 is 1.90 bits per heavy atom. The number of carboxylic acid groups (broad SMARTS) is 1. The van der Waals surface area contributed by atoms with Crippen LogP contribution in [0.15, 0.2) is 52.3 Å². The van der Waals surface area contributed by atoms with Crippen molar-refractivity contribution in [1.29, 1.82) is 0 Å². The largest absolute Gasteiger partial charge is 0.497 e. The SMILES string of the molecule is COc1ccc(OC)c(CNS(=O)(=O)c2ccc3[nH]cc(C(=O)O)c(=O)c3c2)c1. The maximum absolute atomic E-state index is 12.7. The lowest BCUT2D eigenvalue weighted by Crippen LogP contribution is -2.24. The van der Waals surface area contributed by atoms with Crippen LogP contribution in [0.5, 0.6) is 11.5 Å². The third-order valence-corrected chi connectivity index (χ3v) is 5.73. The van der Waals surface area contributed by atoms with Crippen LogP contribution < -0.4 is 19.6 Å². The Morgan fingerprint density at radius 3 is 2.55 bits per heavy atom. The molecule has 0 radical (unpaired) electrons. The summed E-state index contributed by atoms with van der Waals surface area (Å²) in [7, 11) is -1.03. The Kier molecular flexibility index (Phi) is 5.57. The summed E-state index contributed by atoms with van der Waals surface area (Å²) in [4.78, 5) is 26.0. The van der Waals surface area contributed by atoms with Gasteiger partial charge in [-0.3, -0.25) is 4.79 Å². The van der Waals surface area contributed by atoms with Crippen molar-refractivity contribution in [2.45, 2.75) is 11.4 Å². The molecule has 0 saturated heterocycles. The maximum atomic E-state index is 12.7. The number of fused-ring (bicyclic) bond motifs is 1. The summed E-state index contributed by atoms with van der Waals surface area (Å²) < 4.78 is 38.3. The topological polar surface area (TPSA) is 135 Å². The van der Waals surface area contributed by atoms with E-state index in [0.29, 0.717) is 22.6 Å². The van der Waals surface area contributed by atoms with Gasteiger partial charge >= 0.3 is 5.97 Å². The number of hydrogen-bond donors (Lipinski definition) is 3. The molecule has 3 N–H and O–H groups in total. The maximum Gasteiger partial charge on any atom is 0.341 e. The van der Waals surface area contributed by atoms with Gasteiger partial charge in [-0.25, -0.2) is 17.9 Å². The zero-order chi connectivity index (χ0) is 21.2. The number of sulfonamides is 1. The van der Waals surface area contributed by atoms with E-state index < -0.39 is 27.0 Å². The van der Waals surface area contributed by atoms with Crippen LogP contribution in [0.25, 0.3) is 10.9 Å². The molecule has 3 rings (SSSR count). The number of carbonyl (C=O) groups is 1. The number of carboxylic acids is 1. The Labute approximate surface area is 166 Å². The first kappa shape index (κ1) is 20.4. The first-order valence-electron chi connectivity index (χ1n) is 8.36. The van der Waals surface area contributed by atoms with Crippen LogP contribution >= 0.6 is 0 Å². The number of ether oxygens (including phenoxy) is 2. The molecular formula is C19H18N2O7S. The van der Waals surface area contributed by atoms with Gasteiger partial charge in [0.2, 0.25) is 15.5 Å². The Bertz CT molecular complexity index is 1250. The summed E-state index contributed by atoms with van der Waals surface area (Å²) in [6.07, 6.45) is 1.08. The monoisotopic (exact) mass is 418 g/mol. The number of H-pyrrole nitrogens is 1. The van der Waals surface area contributed by atoms with Crippen molar-refractivity contribution in [3.8, 4) is 11.5 Å². The highest BCUT2D eigenvalue weighted by molar-refractivity contribution is 7.89. The summed E-state index contributed by atoms with van der Waals surface area (Å²) in [6.45, 7) is -0.0771. The second kappa shape index (κ2) is 7.94. The summed E-state index contributed by atoms with van der Waals surface area (Å²) in [5.74, 6) is -0.377. The predicted octanol–water partition coefficient (Wildman–Crippen LogP) is 1.72. The highest BCUT2D eigenvalue weighted by atomic mass is 32.2. The molecule has 0 unspecified atom stereocenters. The number of rotatable bonds is 7. The first-order valence-corrected chi connectivity index (χ1v) is 9.84. The highest BCUT2D eigenvalue weighted by Crippen LogP contribution is 2.24. The molecule has 0 atom stereocenters. The van der Waals surface area contributed by atoms with Crippen molar-refractivity contribution in [3.05, 3.63) is 63.9 Å². The minimum Gasteiger partial charge on any atom is -0.497 e. The van der Waals surface area contributed by atoms with Crippen LogP contribution in [0.4, 0.5) is 0 Å². The van der Waals surface area contributed by atoms with E-state index in [1.807, 2.05) is 0 Å². The van der Waals surface area contributed by atoms with Gasteiger partial charge < -0.3 is 19.6 Å². The van der Waals surface area contributed by atoms with Gasteiger partial charge in [0.25, 0.3) is 0 Å². The van der Waals surface area contributed by atoms with E-state index in [4.69, 9.17) is 14.6 Å². The van der Waals surface area contributed by atoms with Crippen molar-refractivity contribution >= 4 is 26.9 Å². The average molecular weight is 418 g/mol. The third kappa shape index (κ3) is 4.08. The van der Waals surface area contributed by atoms with Gasteiger partial charge in [-0.2, -0.15) is 0 Å². The second-order valence-electron chi connectivity index (χ2n) is 6.05. The Morgan fingerprint density at radius 1 is 1.14 bits per heavy atom. The fourth-order valence-corrected chi connectivity index (χ4v) is 3.83. The van der Waals surface area contributed by atoms with Gasteiger partial charge in [-0.05, 0) is 36.4 Å². The van der Waals surface area contributed by atoms with Crippen LogP contribution in [0.3, 0.4) is 0 Å². The zero-order valence-electron chi connectivity index (χ0n) is 15.6. The third-order valence-electron chi connectivity index (χ3n) is 4.33. The molecule has 152 valence electrons. The van der Waals surface area contributed by atoms with Crippen molar-refractivity contribution in [3.63, 3.8) is 0 Å². The van der Waals surface area contributed by atoms with Gasteiger partial charge in [0.15, 0.2) is 0 Å². The number of aromatic nitrogens is 1.